The smallest absolute Gasteiger partial charge is 0.326 e. The Kier molecular flexibility index (Phi) is 11.0. The number of anilines is 2. The van der Waals surface area contributed by atoms with Crippen LogP contribution in [0.4, 0.5) is 11.4 Å². The number of carbonyl (C=O) groups excluding carboxylic acids is 4. The summed E-state index contributed by atoms with van der Waals surface area (Å²) in [6.45, 7) is 3.41. The van der Waals surface area contributed by atoms with E-state index in [1.807, 2.05) is 0 Å². The van der Waals surface area contributed by atoms with Gasteiger partial charge in [0.2, 0.25) is 11.8 Å². The maximum Gasteiger partial charge on any atom is 0.331 e. The number of hydrogen-bond acceptors (Lipinski definition) is 6. The van der Waals surface area contributed by atoms with Crippen LogP contribution in [0.25, 0.3) is 0 Å². The van der Waals surface area contributed by atoms with E-state index in [2.05, 4.69) is 31.7 Å². The molecule has 2 aliphatic rings. The van der Waals surface area contributed by atoms with Crippen molar-refractivity contribution in [3.05, 3.63) is 59.7 Å². The fourth-order valence-corrected chi connectivity index (χ4v) is 5.31. The molecule has 42 heavy (non-hydrogen) atoms. The van der Waals surface area contributed by atoms with E-state index < -0.39 is 11.8 Å². The number of carbonyl (C=O) groups is 4. The van der Waals surface area contributed by atoms with Crippen LogP contribution >= 0.6 is 0 Å². The molecule has 2 aliphatic carbocycles. The van der Waals surface area contributed by atoms with Gasteiger partial charge in [-0.1, -0.05) is 62.8 Å². The molecule has 0 heterocycles. The van der Waals surface area contributed by atoms with Crippen molar-refractivity contribution >= 4 is 46.4 Å². The Labute approximate surface area is 246 Å². The minimum atomic E-state index is -0.956. The van der Waals surface area contributed by atoms with E-state index in [1.165, 1.54) is 12.8 Å². The molecule has 0 unspecified atom stereocenters. The minimum absolute atomic E-state index is 0.0550. The van der Waals surface area contributed by atoms with E-state index in [4.69, 9.17) is 0 Å². The van der Waals surface area contributed by atoms with Gasteiger partial charge in [-0.3, -0.25) is 19.2 Å². The summed E-state index contributed by atoms with van der Waals surface area (Å²) in [6.07, 6.45) is 10.5. The summed E-state index contributed by atoms with van der Waals surface area (Å²) in [4.78, 5) is 49.4. The highest BCUT2D eigenvalue weighted by Crippen LogP contribution is 2.26. The Morgan fingerprint density at radius 3 is 1.21 bits per heavy atom. The van der Waals surface area contributed by atoms with Crippen molar-refractivity contribution in [3.8, 4) is 0 Å². The quantitative estimate of drug-likeness (QED) is 0.198. The first-order valence-electron chi connectivity index (χ1n) is 14.8. The molecular weight excluding hydrogens is 532 g/mol. The van der Waals surface area contributed by atoms with Gasteiger partial charge in [0.25, 0.3) is 0 Å². The Balaban J connectivity index is 1.23. The van der Waals surface area contributed by atoms with E-state index in [1.54, 1.807) is 62.4 Å². The third-order valence-corrected chi connectivity index (χ3v) is 7.95. The lowest BCUT2D eigenvalue weighted by Gasteiger charge is -2.20. The van der Waals surface area contributed by atoms with E-state index in [0.717, 1.165) is 62.5 Å². The fourth-order valence-electron chi connectivity index (χ4n) is 5.31. The minimum Gasteiger partial charge on any atom is -0.326 e. The Morgan fingerprint density at radius 1 is 0.548 bits per heavy atom. The molecule has 2 saturated carbocycles. The van der Waals surface area contributed by atoms with Gasteiger partial charge in [0.05, 0.1) is 11.4 Å². The van der Waals surface area contributed by atoms with Crippen molar-refractivity contribution in [2.45, 2.75) is 78.1 Å². The van der Waals surface area contributed by atoms with Crippen LogP contribution < -0.4 is 21.5 Å². The molecule has 0 aliphatic heterocycles. The van der Waals surface area contributed by atoms with Crippen molar-refractivity contribution in [1.29, 1.82) is 0 Å². The van der Waals surface area contributed by atoms with Crippen molar-refractivity contribution in [3.63, 3.8) is 0 Å². The molecular formula is C32H40N6O4. The number of nitrogens with zero attached hydrogens (tertiary/aromatic N) is 2. The van der Waals surface area contributed by atoms with Crippen molar-refractivity contribution < 1.29 is 19.2 Å². The van der Waals surface area contributed by atoms with Crippen LogP contribution in [0.3, 0.4) is 0 Å². The van der Waals surface area contributed by atoms with Gasteiger partial charge in [0, 0.05) is 23.2 Å². The van der Waals surface area contributed by atoms with Gasteiger partial charge < -0.3 is 10.6 Å². The number of benzene rings is 2. The first-order valence-corrected chi connectivity index (χ1v) is 14.8. The van der Waals surface area contributed by atoms with E-state index in [0.29, 0.717) is 22.8 Å². The Hall–Kier alpha value is -4.34. The summed E-state index contributed by atoms with van der Waals surface area (Å²) in [5.74, 6) is -1.66. The van der Waals surface area contributed by atoms with Gasteiger partial charge in [-0.25, -0.2) is 10.9 Å². The largest absolute Gasteiger partial charge is 0.331 e. The molecule has 0 spiro atoms. The second kappa shape index (κ2) is 15.0. The standard InChI is InChI=1S/C32H40N6O4/c1-21(23-13-17-27(18-14-23)33-29(39)25-9-5-3-6-10-25)35-37-31(41)32(42)38-36-22(2)24-15-19-28(20-16-24)34-30(40)26-11-7-4-8-12-26/h13-20,25-26H,3-12H2,1-2H3,(H,33,39)(H,34,40)(H,37,41)(H,38,42)/b35-21+,36-22+. The van der Waals surface area contributed by atoms with Crippen LogP contribution in [0.5, 0.6) is 0 Å². The molecule has 0 saturated heterocycles. The molecule has 10 nitrogen and oxygen atoms in total. The molecule has 0 bridgehead atoms. The van der Waals surface area contributed by atoms with E-state index >= 15 is 0 Å². The average molecular weight is 573 g/mol. The normalized spacial score (nSPS) is 16.8. The van der Waals surface area contributed by atoms with Crippen molar-refractivity contribution in [2.75, 3.05) is 10.6 Å². The summed E-state index contributed by atoms with van der Waals surface area (Å²) in [7, 11) is 0. The summed E-state index contributed by atoms with van der Waals surface area (Å²) >= 11 is 0. The van der Waals surface area contributed by atoms with Crippen LogP contribution in [0.15, 0.2) is 58.7 Å². The molecule has 2 aromatic rings. The molecule has 4 N–H and O–H groups in total. The highest BCUT2D eigenvalue weighted by atomic mass is 16.2. The fraction of sp³-hybridized carbons (Fsp3) is 0.438. The molecule has 4 amide bonds. The number of nitrogens with one attached hydrogen (secondary N) is 4. The maximum atomic E-state index is 12.5. The third kappa shape index (κ3) is 8.83. The SMILES string of the molecule is C/C(=N\NC(=O)C(=O)N/N=C(\C)c1ccc(NC(=O)C2CCCCC2)cc1)c1ccc(NC(=O)C2CCCCC2)cc1. The van der Waals surface area contributed by atoms with E-state index in [9.17, 15) is 19.2 Å². The lowest BCUT2D eigenvalue weighted by molar-refractivity contribution is -0.139. The maximum absolute atomic E-state index is 12.5. The monoisotopic (exact) mass is 572 g/mol. The number of rotatable bonds is 8. The zero-order valence-electron chi connectivity index (χ0n) is 24.4. The molecule has 2 fully saturated rings. The van der Waals surface area contributed by atoms with Crippen LogP contribution in [0.1, 0.15) is 89.2 Å². The molecule has 0 atom stereocenters. The van der Waals surface area contributed by atoms with Gasteiger partial charge >= 0.3 is 11.8 Å². The Morgan fingerprint density at radius 2 is 0.881 bits per heavy atom. The predicted molar refractivity (Wildman–Crippen MR) is 164 cm³/mol. The van der Waals surface area contributed by atoms with Gasteiger partial charge in [0.1, 0.15) is 0 Å². The van der Waals surface area contributed by atoms with Crippen LogP contribution in [-0.2, 0) is 19.2 Å². The first kappa shape index (κ1) is 30.6. The zero-order chi connectivity index (χ0) is 29.9. The molecule has 0 radical (unpaired) electrons. The van der Waals surface area contributed by atoms with Crippen LogP contribution in [-0.4, -0.2) is 35.1 Å². The van der Waals surface area contributed by atoms with Gasteiger partial charge in [-0.2, -0.15) is 10.2 Å². The van der Waals surface area contributed by atoms with Crippen molar-refractivity contribution in [2.24, 2.45) is 22.0 Å². The zero-order valence-corrected chi connectivity index (χ0v) is 24.4. The average Bonchev–Trinajstić information content (AvgIpc) is 3.03. The summed E-state index contributed by atoms with van der Waals surface area (Å²) in [5.41, 5.74) is 8.36. The second-order valence-corrected chi connectivity index (χ2v) is 11.1. The summed E-state index contributed by atoms with van der Waals surface area (Å²) in [6, 6.07) is 14.3. The van der Waals surface area contributed by atoms with Gasteiger partial charge in [-0.15, -0.1) is 0 Å². The van der Waals surface area contributed by atoms with Crippen molar-refractivity contribution in [1.82, 2.24) is 10.9 Å². The highest BCUT2D eigenvalue weighted by Gasteiger charge is 2.22. The van der Waals surface area contributed by atoms with Gasteiger partial charge in [-0.05, 0) is 74.9 Å². The molecule has 2 aromatic carbocycles. The highest BCUT2D eigenvalue weighted by molar-refractivity contribution is 6.35. The van der Waals surface area contributed by atoms with Crippen LogP contribution in [0.2, 0.25) is 0 Å². The lowest BCUT2D eigenvalue weighted by atomic mass is 9.88. The summed E-state index contributed by atoms with van der Waals surface area (Å²) < 4.78 is 0. The Bertz CT molecular complexity index is 1220. The summed E-state index contributed by atoms with van der Waals surface area (Å²) in [5, 5.41) is 14.0. The third-order valence-electron chi connectivity index (χ3n) is 7.95. The number of hydrazone groups is 2. The molecule has 0 aromatic heterocycles. The van der Waals surface area contributed by atoms with Crippen LogP contribution in [0, 0.1) is 11.8 Å². The topological polar surface area (TPSA) is 141 Å². The molecule has 222 valence electrons. The number of amides is 4. The molecule has 4 rings (SSSR count). The van der Waals surface area contributed by atoms with E-state index in [-0.39, 0.29) is 23.7 Å². The number of hydrogen-bond donors (Lipinski definition) is 4. The first-order chi connectivity index (χ1) is 20.3. The second-order valence-electron chi connectivity index (χ2n) is 11.1. The lowest BCUT2D eigenvalue weighted by Crippen LogP contribution is -2.36. The predicted octanol–water partition coefficient (Wildman–Crippen LogP) is 5.10. The van der Waals surface area contributed by atoms with Gasteiger partial charge in [0.15, 0.2) is 0 Å². The molecule has 10 heteroatoms.